The van der Waals surface area contributed by atoms with Gasteiger partial charge in [-0.2, -0.15) is 0 Å². The number of carbonyl (C=O) groups excluding carboxylic acids is 1. The van der Waals surface area contributed by atoms with Gasteiger partial charge in [0, 0.05) is 12.6 Å². The van der Waals surface area contributed by atoms with Gasteiger partial charge in [-0.15, -0.1) is 0 Å². The molecule has 2 rings (SSSR count). The number of primary amides is 1. The average Bonchev–Trinajstić information content (AvgIpc) is 2.93. The molecule has 5 nitrogen and oxygen atoms in total. The van der Waals surface area contributed by atoms with Crippen molar-refractivity contribution in [1.29, 1.82) is 0 Å². The van der Waals surface area contributed by atoms with Gasteiger partial charge in [0.15, 0.2) is 0 Å². The fourth-order valence-electron chi connectivity index (χ4n) is 2.03. The topological polar surface area (TPSA) is 73.6 Å². The largest absolute Gasteiger partial charge is 0.376 e. The van der Waals surface area contributed by atoms with Crippen LogP contribution in [-0.4, -0.2) is 43.4 Å². The quantitative estimate of drug-likeness (QED) is 0.668. The lowest BCUT2D eigenvalue weighted by Gasteiger charge is -2.27. The molecule has 1 saturated heterocycles. The van der Waals surface area contributed by atoms with E-state index in [4.69, 9.17) is 15.2 Å². The number of ether oxygens (including phenoxy) is 2. The molecule has 17 heavy (non-hydrogen) atoms. The molecule has 3 N–H and O–H groups in total. The van der Waals surface area contributed by atoms with Crippen LogP contribution >= 0.6 is 0 Å². The summed E-state index contributed by atoms with van der Waals surface area (Å²) in [5.74, 6) is -0.350. The van der Waals surface area contributed by atoms with Gasteiger partial charge in [0.25, 0.3) is 0 Å². The first-order valence-corrected chi connectivity index (χ1v) is 6.37. The normalized spacial score (nSPS) is 27.9. The Bertz CT molecular complexity index is 275. The molecule has 2 fully saturated rings. The summed E-state index contributed by atoms with van der Waals surface area (Å²) in [5, 5.41) is 3.25. The minimum absolute atomic E-state index is 0.188. The Kier molecular flexibility index (Phi) is 4.01. The third-order valence-corrected chi connectivity index (χ3v) is 3.36. The van der Waals surface area contributed by atoms with E-state index >= 15 is 0 Å². The van der Waals surface area contributed by atoms with E-state index in [1.807, 2.05) is 6.92 Å². The number of hydrogen-bond donors (Lipinski definition) is 2. The Labute approximate surface area is 102 Å². The summed E-state index contributed by atoms with van der Waals surface area (Å²) in [5.41, 5.74) is 4.68. The van der Waals surface area contributed by atoms with Gasteiger partial charge in [0.2, 0.25) is 5.91 Å². The number of carbonyl (C=O) groups is 1. The van der Waals surface area contributed by atoms with Crippen LogP contribution in [0.2, 0.25) is 0 Å². The van der Waals surface area contributed by atoms with Crippen molar-refractivity contribution in [2.75, 3.05) is 19.8 Å². The minimum Gasteiger partial charge on any atom is -0.376 e. The van der Waals surface area contributed by atoms with Gasteiger partial charge in [0.05, 0.1) is 19.3 Å². The number of amides is 1. The Morgan fingerprint density at radius 3 is 2.82 bits per heavy atom. The molecule has 1 saturated carbocycles. The molecule has 2 atom stereocenters. The second-order valence-corrected chi connectivity index (χ2v) is 5.27. The van der Waals surface area contributed by atoms with Crippen molar-refractivity contribution in [3.63, 3.8) is 0 Å². The highest BCUT2D eigenvalue weighted by Gasteiger charge is 2.37. The van der Waals surface area contributed by atoms with Gasteiger partial charge < -0.3 is 15.2 Å². The zero-order chi connectivity index (χ0) is 12.3. The van der Waals surface area contributed by atoms with Crippen LogP contribution in [0.25, 0.3) is 0 Å². The lowest BCUT2D eigenvalue weighted by atomic mass is 10.0. The van der Waals surface area contributed by atoms with Crippen LogP contribution in [0.5, 0.6) is 0 Å². The van der Waals surface area contributed by atoms with E-state index < -0.39 is 5.54 Å². The molecule has 1 aliphatic heterocycles. The maximum absolute atomic E-state index is 11.5. The molecule has 1 aliphatic carbocycles. The number of nitrogens with two attached hydrogens (primary N) is 1. The highest BCUT2D eigenvalue weighted by atomic mass is 16.5. The molecule has 0 aromatic carbocycles. The molecular weight excluding hydrogens is 220 g/mol. The third-order valence-electron chi connectivity index (χ3n) is 3.36. The smallest absolute Gasteiger partial charge is 0.239 e. The van der Waals surface area contributed by atoms with E-state index in [2.05, 4.69) is 5.32 Å². The second kappa shape index (κ2) is 5.33. The van der Waals surface area contributed by atoms with E-state index in [0.717, 1.165) is 32.3 Å². The molecule has 1 heterocycles. The van der Waals surface area contributed by atoms with E-state index in [1.54, 1.807) is 0 Å². The van der Waals surface area contributed by atoms with Gasteiger partial charge in [-0.05, 0) is 32.6 Å². The zero-order valence-corrected chi connectivity index (χ0v) is 10.4. The summed E-state index contributed by atoms with van der Waals surface area (Å²) < 4.78 is 11.0. The number of nitrogens with one attached hydrogen (secondary N) is 1. The Balaban J connectivity index is 1.73. The zero-order valence-electron chi connectivity index (χ0n) is 10.4. The van der Waals surface area contributed by atoms with E-state index in [1.165, 1.54) is 0 Å². The third kappa shape index (κ3) is 3.66. The lowest BCUT2D eigenvalue weighted by Crippen LogP contribution is -2.57. The monoisotopic (exact) mass is 242 g/mol. The van der Waals surface area contributed by atoms with E-state index in [-0.39, 0.29) is 12.0 Å². The molecule has 0 radical (unpaired) electrons. The van der Waals surface area contributed by atoms with Crippen molar-refractivity contribution in [2.24, 2.45) is 5.73 Å². The number of hydrogen-bond acceptors (Lipinski definition) is 4. The van der Waals surface area contributed by atoms with Crippen LogP contribution < -0.4 is 11.1 Å². The van der Waals surface area contributed by atoms with Crippen molar-refractivity contribution >= 4 is 5.91 Å². The highest BCUT2D eigenvalue weighted by Crippen LogP contribution is 2.23. The van der Waals surface area contributed by atoms with Crippen LogP contribution in [0.4, 0.5) is 0 Å². The molecule has 0 aromatic heterocycles. The highest BCUT2D eigenvalue weighted by molar-refractivity contribution is 5.84. The van der Waals surface area contributed by atoms with Crippen molar-refractivity contribution in [1.82, 2.24) is 5.32 Å². The molecule has 98 valence electrons. The first-order chi connectivity index (χ1) is 8.10. The predicted molar refractivity (Wildman–Crippen MR) is 63.6 cm³/mol. The van der Waals surface area contributed by atoms with Gasteiger partial charge >= 0.3 is 0 Å². The number of rotatable bonds is 7. The van der Waals surface area contributed by atoms with Gasteiger partial charge in [0.1, 0.15) is 5.54 Å². The molecule has 0 bridgehead atoms. The summed E-state index contributed by atoms with van der Waals surface area (Å²) in [4.78, 5) is 11.5. The second-order valence-electron chi connectivity index (χ2n) is 5.27. The van der Waals surface area contributed by atoms with Crippen LogP contribution in [0.3, 0.4) is 0 Å². The maximum atomic E-state index is 11.5. The first-order valence-electron chi connectivity index (χ1n) is 6.37. The molecular formula is C12H22N2O3. The summed E-state index contributed by atoms with van der Waals surface area (Å²) in [7, 11) is 0. The predicted octanol–water partition coefficient (Wildman–Crippen LogP) is 0.178. The SMILES string of the molecule is CC(COCC1CCCO1)(NC1CC1)C(N)=O. The van der Waals surface area contributed by atoms with E-state index in [0.29, 0.717) is 19.3 Å². The van der Waals surface area contributed by atoms with E-state index in [9.17, 15) is 4.79 Å². The Morgan fingerprint density at radius 1 is 1.53 bits per heavy atom. The molecule has 5 heteroatoms. The lowest BCUT2D eigenvalue weighted by molar-refractivity contribution is -0.127. The van der Waals surface area contributed by atoms with Crippen molar-refractivity contribution < 1.29 is 14.3 Å². The summed E-state index contributed by atoms with van der Waals surface area (Å²) >= 11 is 0. The fraction of sp³-hybridized carbons (Fsp3) is 0.917. The standard InChI is InChI=1S/C12H22N2O3/c1-12(11(13)15,14-9-4-5-9)8-16-7-10-3-2-6-17-10/h9-10,14H,2-8H2,1H3,(H2,13,15). The molecule has 0 spiro atoms. The summed E-state index contributed by atoms with van der Waals surface area (Å²) in [6.45, 7) is 3.50. The average molecular weight is 242 g/mol. The van der Waals surface area contributed by atoms with Gasteiger partial charge in [-0.3, -0.25) is 10.1 Å². The summed E-state index contributed by atoms with van der Waals surface area (Å²) in [6, 6.07) is 0.429. The van der Waals surface area contributed by atoms with Crippen molar-refractivity contribution in [2.45, 2.75) is 50.3 Å². The first kappa shape index (κ1) is 12.8. The molecule has 0 aromatic rings. The Hall–Kier alpha value is -0.650. The van der Waals surface area contributed by atoms with Crippen molar-refractivity contribution in [3.05, 3.63) is 0 Å². The molecule has 1 amide bonds. The van der Waals surface area contributed by atoms with Crippen LogP contribution in [-0.2, 0) is 14.3 Å². The maximum Gasteiger partial charge on any atom is 0.239 e. The van der Waals surface area contributed by atoms with Crippen molar-refractivity contribution in [3.8, 4) is 0 Å². The van der Waals surface area contributed by atoms with Gasteiger partial charge in [-0.25, -0.2) is 0 Å². The van der Waals surface area contributed by atoms with Crippen LogP contribution in [0.15, 0.2) is 0 Å². The Morgan fingerprint density at radius 2 is 2.29 bits per heavy atom. The fourth-order valence-corrected chi connectivity index (χ4v) is 2.03. The molecule has 2 aliphatic rings. The van der Waals surface area contributed by atoms with Crippen LogP contribution in [0.1, 0.15) is 32.6 Å². The van der Waals surface area contributed by atoms with Gasteiger partial charge in [-0.1, -0.05) is 0 Å². The van der Waals surface area contributed by atoms with Crippen LogP contribution in [0, 0.1) is 0 Å². The summed E-state index contributed by atoms with van der Waals surface area (Å²) in [6.07, 6.45) is 4.57. The minimum atomic E-state index is -0.750. The molecule has 2 unspecified atom stereocenters.